The molecular weight excluding hydrogens is 450 g/mol. The van der Waals surface area contributed by atoms with Gasteiger partial charge < -0.3 is 10.6 Å². The number of rotatable bonds is 2. The second-order valence-electron chi connectivity index (χ2n) is 10.5. The Morgan fingerprint density at radius 2 is 1.64 bits per heavy atom. The van der Waals surface area contributed by atoms with Crippen LogP contribution in [-0.2, 0) is 20.5 Å². The molecule has 2 N–H and O–H groups in total. The highest BCUT2D eigenvalue weighted by molar-refractivity contribution is 6.19. The van der Waals surface area contributed by atoms with Gasteiger partial charge >= 0.3 is 0 Å². The maximum atomic E-state index is 14.7. The van der Waals surface area contributed by atoms with Crippen molar-refractivity contribution < 1.29 is 14.4 Å². The molecule has 0 unspecified atom stereocenters. The van der Waals surface area contributed by atoms with Gasteiger partial charge in [0.2, 0.25) is 11.8 Å². The van der Waals surface area contributed by atoms with Crippen LogP contribution in [-0.4, -0.2) is 35.1 Å². The van der Waals surface area contributed by atoms with Gasteiger partial charge in [0.05, 0.1) is 5.92 Å². The monoisotopic (exact) mass is 477 g/mol. The number of anilines is 2. The lowest BCUT2D eigenvalue weighted by Gasteiger charge is -2.38. The number of benzene rings is 3. The Morgan fingerprint density at radius 3 is 2.44 bits per heavy atom. The van der Waals surface area contributed by atoms with Gasteiger partial charge in [-0.3, -0.25) is 19.3 Å². The Labute approximate surface area is 209 Å². The maximum absolute atomic E-state index is 14.7. The van der Waals surface area contributed by atoms with Gasteiger partial charge in [-0.15, -0.1) is 0 Å². The minimum atomic E-state index is -1.27. The molecule has 4 aliphatic heterocycles. The lowest BCUT2D eigenvalue weighted by molar-refractivity contribution is -0.128. The summed E-state index contributed by atoms with van der Waals surface area (Å²) in [6.45, 7) is 4.68. The molecule has 4 heterocycles. The summed E-state index contributed by atoms with van der Waals surface area (Å²) in [5.74, 6) is -1.47. The number of hydrogen-bond donors (Lipinski definition) is 2. The average molecular weight is 478 g/mol. The highest BCUT2D eigenvalue weighted by atomic mass is 16.2. The number of nitrogens with zero attached hydrogens (tertiary/aromatic N) is 1. The number of aryl methyl sites for hydroxylation is 1. The molecule has 3 aromatic rings. The zero-order chi connectivity index (χ0) is 24.8. The highest BCUT2D eigenvalue weighted by Gasteiger charge is 2.78. The Balaban J connectivity index is 1.60. The van der Waals surface area contributed by atoms with Gasteiger partial charge in [0.15, 0.2) is 5.78 Å². The number of hydrogen-bond acceptors (Lipinski definition) is 4. The van der Waals surface area contributed by atoms with Crippen LogP contribution < -0.4 is 10.6 Å². The molecule has 180 valence electrons. The van der Waals surface area contributed by atoms with Crippen LogP contribution in [0.1, 0.15) is 45.5 Å². The fourth-order valence-electron chi connectivity index (χ4n) is 7.63. The number of fused-ring (bicyclic) bond motifs is 7. The predicted molar refractivity (Wildman–Crippen MR) is 137 cm³/mol. The lowest BCUT2D eigenvalue weighted by atomic mass is 9.60. The first kappa shape index (κ1) is 21.5. The molecule has 0 aliphatic carbocycles. The number of carbonyl (C=O) groups is 3. The van der Waals surface area contributed by atoms with Crippen LogP contribution in [0.5, 0.6) is 0 Å². The lowest BCUT2D eigenvalue weighted by Crippen LogP contribution is -2.55. The van der Waals surface area contributed by atoms with E-state index in [1.165, 1.54) is 0 Å². The largest absolute Gasteiger partial charge is 0.325 e. The Kier molecular flexibility index (Phi) is 4.26. The molecule has 0 saturated carbocycles. The minimum absolute atomic E-state index is 0.168. The molecule has 2 spiro atoms. The second-order valence-corrected chi connectivity index (χ2v) is 10.5. The van der Waals surface area contributed by atoms with E-state index in [0.29, 0.717) is 12.1 Å². The molecule has 4 atom stereocenters. The van der Waals surface area contributed by atoms with E-state index in [9.17, 15) is 14.4 Å². The van der Waals surface area contributed by atoms with Crippen LogP contribution in [0.3, 0.4) is 0 Å². The Bertz CT molecular complexity index is 1480. The third-order valence-electron chi connectivity index (χ3n) is 9.15. The van der Waals surface area contributed by atoms with E-state index in [1.54, 1.807) is 12.1 Å². The molecule has 2 saturated heterocycles. The van der Waals surface area contributed by atoms with Crippen molar-refractivity contribution in [3.05, 3.63) is 94.5 Å². The van der Waals surface area contributed by atoms with E-state index in [4.69, 9.17) is 0 Å². The Morgan fingerprint density at radius 1 is 0.889 bits per heavy atom. The molecule has 0 radical (unpaired) electrons. The molecule has 2 amide bonds. The summed E-state index contributed by atoms with van der Waals surface area (Å²) in [5, 5.41) is 6.26. The Hall–Kier alpha value is -3.77. The average Bonchev–Trinajstić information content (AvgIpc) is 3.61. The van der Waals surface area contributed by atoms with Crippen molar-refractivity contribution >= 4 is 29.0 Å². The first-order valence-electron chi connectivity index (χ1n) is 12.6. The van der Waals surface area contributed by atoms with E-state index in [0.717, 1.165) is 46.5 Å². The van der Waals surface area contributed by atoms with E-state index in [-0.39, 0.29) is 23.6 Å². The second kappa shape index (κ2) is 7.14. The van der Waals surface area contributed by atoms with Crippen molar-refractivity contribution in [2.45, 2.75) is 43.7 Å². The smallest absolute Gasteiger partial charge is 0.250 e. The zero-order valence-electron chi connectivity index (χ0n) is 20.3. The SMILES string of the molecule is Cc1ccc2c(c1C)NC(=O)[C@@]21[C@@H](C(=O)c2ccccc2)[C@@]2(C(=O)Nc3ccccc32)[C@H]2CCCN21. The van der Waals surface area contributed by atoms with Crippen LogP contribution in [0.4, 0.5) is 11.4 Å². The van der Waals surface area contributed by atoms with Gasteiger partial charge in [-0.25, -0.2) is 0 Å². The molecule has 4 aliphatic rings. The van der Waals surface area contributed by atoms with Crippen LogP contribution in [0, 0.1) is 19.8 Å². The van der Waals surface area contributed by atoms with E-state index in [1.807, 2.05) is 68.4 Å². The van der Waals surface area contributed by atoms with Gasteiger partial charge in [0, 0.05) is 28.5 Å². The van der Waals surface area contributed by atoms with Crippen molar-refractivity contribution in [3.63, 3.8) is 0 Å². The minimum Gasteiger partial charge on any atom is -0.325 e. The molecule has 6 nitrogen and oxygen atoms in total. The third-order valence-corrected chi connectivity index (χ3v) is 9.15. The van der Waals surface area contributed by atoms with Crippen molar-refractivity contribution in [1.29, 1.82) is 0 Å². The number of para-hydroxylation sites is 1. The fourth-order valence-corrected chi connectivity index (χ4v) is 7.63. The van der Waals surface area contributed by atoms with E-state index >= 15 is 0 Å². The summed E-state index contributed by atoms with van der Waals surface area (Å²) in [6, 6.07) is 20.6. The van der Waals surface area contributed by atoms with Crippen LogP contribution >= 0.6 is 0 Å². The van der Waals surface area contributed by atoms with Gasteiger partial charge in [-0.1, -0.05) is 60.7 Å². The molecule has 6 heteroatoms. The summed E-state index contributed by atoms with van der Waals surface area (Å²) in [5.41, 5.74) is 3.30. The fraction of sp³-hybridized carbons (Fsp3) is 0.300. The van der Waals surface area contributed by atoms with Crippen LogP contribution in [0.2, 0.25) is 0 Å². The normalized spacial score (nSPS) is 29.8. The molecule has 3 aromatic carbocycles. The quantitative estimate of drug-likeness (QED) is 0.539. The predicted octanol–water partition coefficient (Wildman–Crippen LogP) is 4.32. The standard InChI is InChI=1S/C30H27N3O3/c1-17-14-15-21-24(18(17)2)32-28(36)30(21)26(25(34)19-9-4-3-5-10-19)29(23-13-8-16-33(23)30)20-11-6-7-12-22(20)31-27(29)35/h3-7,9-12,14-15,23,26H,8,13,16H2,1-2H3,(H,31,35)(H,32,36)/t23-,26+,29+,30+/m1/s1. The molecular formula is C30H27N3O3. The topological polar surface area (TPSA) is 78.5 Å². The van der Waals surface area contributed by atoms with E-state index in [2.05, 4.69) is 15.5 Å². The number of carbonyl (C=O) groups excluding carboxylic acids is 3. The maximum Gasteiger partial charge on any atom is 0.250 e. The van der Waals surface area contributed by atoms with Crippen LogP contribution in [0.15, 0.2) is 66.7 Å². The van der Waals surface area contributed by atoms with Crippen molar-refractivity contribution in [2.24, 2.45) is 5.92 Å². The third kappa shape index (κ3) is 2.29. The van der Waals surface area contributed by atoms with Crippen molar-refractivity contribution in [1.82, 2.24) is 4.90 Å². The number of Topliss-reactive ketones (excluding diaryl/α,β-unsaturated/α-hetero) is 1. The number of ketones is 1. The van der Waals surface area contributed by atoms with Gasteiger partial charge in [-0.2, -0.15) is 0 Å². The number of amides is 2. The molecule has 7 rings (SSSR count). The first-order valence-corrected chi connectivity index (χ1v) is 12.6. The summed E-state index contributed by atoms with van der Waals surface area (Å²) in [6.07, 6.45) is 1.61. The van der Waals surface area contributed by atoms with E-state index < -0.39 is 16.9 Å². The summed E-state index contributed by atoms with van der Waals surface area (Å²) in [4.78, 5) is 45.4. The first-order chi connectivity index (χ1) is 17.4. The summed E-state index contributed by atoms with van der Waals surface area (Å²) in [7, 11) is 0. The molecule has 2 fully saturated rings. The zero-order valence-corrected chi connectivity index (χ0v) is 20.3. The van der Waals surface area contributed by atoms with Crippen molar-refractivity contribution in [3.8, 4) is 0 Å². The number of nitrogens with one attached hydrogen (secondary N) is 2. The van der Waals surface area contributed by atoms with Crippen molar-refractivity contribution in [2.75, 3.05) is 17.2 Å². The van der Waals surface area contributed by atoms with Gasteiger partial charge in [0.1, 0.15) is 11.0 Å². The summed E-state index contributed by atoms with van der Waals surface area (Å²) < 4.78 is 0. The molecule has 0 bridgehead atoms. The molecule has 36 heavy (non-hydrogen) atoms. The summed E-state index contributed by atoms with van der Waals surface area (Å²) >= 11 is 0. The molecule has 0 aromatic heterocycles. The highest BCUT2D eigenvalue weighted by Crippen LogP contribution is 2.66. The van der Waals surface area contributed by atoms with Crippen LogP contribution in [0.25, 0.3) is 0 Å². The van der Waals surface area contributed by atoms with Gasteiger partial charge in [0.25, 0.3) is 0 Å². The van der Waals surface area contributed by atoms with Gasteiger partial charge in [-0.05, 0) is 56.0 Å².